The van der Waals surface area contributed by atoms with Crippen molar-refractivity contribution < 1.29 is 18.7 Å². The molecule has 0 spiro atoms. The van der Waals surface area contributed by atoms with E-state index in [-0.39, 0.29) is 22.5 Å². The lowest BCUT2D eigenvalue weighted by Crippen LogP contribution is -2.31. The van der Waals surface area contributed by atoms with Crippen LogP contribution in [0.1, 0.15) is 34.8 Å². The van der Waals surface area contributed by atoms with E-state index in [2.05, 4.69) is 0 Å². The third-order valence-electron chi connectivity index (χ3n) is 4.47. The predicted octanol–water partition coefficient (Wildman–Crippen LogP) is 4.47. The van der Waals surface area contributed by atoms with Gasteiger partial charge in [-0.15, -0.1) is 0 Å². The standard InChI is InChI=1S/C19H19ClFNO3/c1-24-13-6-8-18(25-2)15(11-13)17-4-3-9-22(17)19(23)14-7-5-12(20)10-16(14)21/h5-8,10-11,17H,3-4,9H2,1-2H3/t17-/m0/s1. The van der Waals surface area contributed by atoms with Crippen molar-refractivity contribution in [3.63, 3.8) is 0 Å². The fourth-order valence-electron chi connectivity index (χ4n) is 3.25. The van der Waals surface area contributed by atoms with E-state index in [9.17, 15) is 9.18 Å². The van der Waals surface area contributed by atoms with Crippen LogP contribution >= 0.6 is 11.6 Å². The fourth-order valence-corrected chi connectivity index (χ4v) is 3.41. The maximum absolute atomic E-state index is 14.2. The molecule has 2 aromatic rings. The third kappa shape index (κ3) is 3.42. The lowest BCUT2D eigenvalue weighted by atomic mass is 10.0. The van der Waals surface area contributed by atoms with Crippen LogP contribution in [0.4, 0.5) is 4.39 Å². The van der Waals surface area contributed by atoms with E-state index in [1.165, 1.54) is 12.1 Å². The number of carbonyl (C=O) groups excluding carboxylic acids is 1. The Bertz CT molecular complexity index is 796. The number of hydrogen-bond acceptors (Lipinski definition) is 3. The van der Waals surface area contributed by atoms with E-state index in [1.54, 1.807) is 19.1 Å². The highest BCUT2D eigenvalue weighted by Crippen LogP contribution is 2.39. The van der Waals surface area contributed by atoms with Crippen LogP contribution in [0.15, 0.2) is 36.4 Å². The molecule has 0 unspecified atom stereocenters. The molecule has 4 nitrogen and oxygen atoms in total. The van der Waals surface area contributed by atoms with Gasteiger partial charge in [0, 0.05) is 17.1 Å². The molecule has 0 saturated carbocycles. The van der Waals surface area contributed by atoms with Gasteiger partial charge in [0.1, 0.15) is 17.3 Å². The summed E-state index contributed by atoms with van der Waals surface area (Å²) in [5.41, 5.74) is 0.889. The second kappa shape index (κ2) is 7.31. The van der Waals surface area contributed by atoms with Gasteiger partial charge in [-0.3, -0.25) is 4.79 Å². The second-order valence-electron chi connectivity index (χ2n) is 5.89. The summed E-state index contributed by atoms with van der Waals surface area (Å²) < 4.78 is 24.9. The van der Waals surface area contributed by atoms with Gasteiger partial charge in [-0.2, -0.15) is 0 Å². The average Bonchev–Trinajstić information content (AvgIpc) is 3.10. The Labute approximate surface area is 151 Å². The zero-order valence-corrected chi connectivity index (χ0v) is 14.8. The summed E-state index contributed by atoms with van der Waals surface area (Å²) in [7, 11) is 3.18. The molecule has 1 atom stereocenters. The summed E-state index contributed by atoms with van der Waals surface area (Å²) in [5.74, 6) is 0.414. The number of halogens is 2. The number of hydrogen-bond donors (Lipinski definition) is 0. The highest BCUT2D eigenvalue weighted by Gasteiger charge is 2.33. The Kier molecular flexibility index (Phi) is 5.13. The van der Waals surface area contributed by atoms with Crippen LogP contribution in [0, 0.1) is 5.82 Å². The Hall–Kier alpha value is -2.27. The molecule has 0 aliphatic carbocycles. The lowest BCUT2D eigenvalue weighted by Gasteiger charge is -2.27. The smallest absolute Gasteiger partial charge is 0.257 e. The van der Waals surface area contributed by atoms with Crippen molar-refractivity contribution in [3.8, 4) is 11.5 Å². The van der Waals surface area contributed by atoms with Gasteiger partial charge in [0.15, 0.2) is 0 Å². The predicted molar refractivity (Wildman–Crippen MR) is 94.0 cm³/mol. The number of carbonyl (C=O) groups is 1. The molecule has 6 heteroatoms. The van der Waals surface area contributed by atoms with Gasteiger partial charge in [0.05, 0.1) is 25.8 Å². The summed E-state index contributed by atoms with van der Waals surface area (Å²) >= 11 is 5.78. The van der Waals surface area contributed by atoms with E-state index in [1.807, 2.05) is 18.2 Å². The molecular weight excluding hydrogens is 345 g/mol. The molecule has 1 heterocycles. The van der Waals surface area contributed by atoms with Crippen molar-refractivity contribution in [1.29, 1.82) is 0 Å². The van der Waals surface area contributed by atoms with Gasteiger partial charge >= 0.3 is 0 Å². The Morgan fingerprint density at radius 2 is 2.00 bits per heavy atom. The van der Waals surface area contributed by atoms with Crippen molar-refractivity contribution in [1.82, 2.24) is 4.90 Å². The number of methoxy groups -OCH3 is 2. The number of ether oxygens (including phenoxy) is 2. The van der Waals surface area contributed by atoms with Gasteiger partial charge in [-0.05, 0) is 49.2 Å². The number of rotatable bonds is 4. The van der Waals surface area contributed by atoms with Gasteiger partial charge < -0.3 is 14.4 Å². The molecular formula is C19H19ClFNO3. The topological polar surface area (TPSA) is 38.8 Å². The first-order valence-electron chi connectivity index (χ1n) is 8.03. The Balaban J connectivity index is 1.96. The highest BCUT2D eigenvalue weighted by molar-refractivity contribution is 6.30. The Morgan fingerprint density at radius 1 is 1.20 bits per heavy atom. The molecule has 132 valence electrons. The molecule has 0 bridgehead atoms. The summed E-state index contributed by atoms with van der Waals surface area (Å²) in [6.07, 6.45) is 1.62. The molecule has 1 aliphatic heterocycles. The first kappa shape index (κ1) is 17.5. The van der Waals surface area contributed by atoms with Crippen LogP contribution in [0.5, 0.6) is 11.5 Å². The third-order valence-corrected chi connectivity index (χ3v) is 4.71. The minimum atomic E-state index is -0.610. The number of likely N-dealkylation sites (tertiary alicyclic amines) is 1. The molecule has 2 aromatic carbocycles. The average molecular weight is 364 g/mol. The van der Waals surface area contributed by atoms with Crippen LogP contribution in [0.3, 0.4) is 0 Å². The molecule has 25 heavy (non-hydrogen) atoms. The van der Waals surface area contributed by atoms with Gasteiger partial charge in [0.2, 0.25) is 0 Å². The van der Waals surface area contributed by atoms with Crippen molar-refractivity contribution in [2.45, 2.75) is 18.9 Å². The molecule has 0 radical (unpaired) electrons. The summed E-state index contributed by atoms with van der Waals surface area (Å²) in [4.78, 5) is 14.6. The van der Waals surface area contributed by atoms with Crippen molar-refractivity contribution in [2.24, 2.45) is 0 Å². The summed E-state index contributed by atoms with van der Waals surface area (Å²) in [6, 6.07) is 9.42. The Morgan fingerprint density at radius 3 is 2.68 bits per heavy atom. The number of benzene rings is 2. The lowest BCUT2D eigenvalue weighted by molar-refractivity contribution is 0.0729. The fraction of sp³-hybridized carbons (Fsp3) is 0.316. The van der Waals surface area contributed by atoms with Crippen molar-refractivity contribution >= 4 is 17.5 Å². The first-order chi connectivity index (χ1) is 12.0. The van der Waals surface area contributed by atoms with Gasteiger partial charge in [0.25, 0.3) is 5.91 Å². The largest absolute Gasteiger partial charge is 0.497 e. The van der Waals surface area contributed by atoms with Gasteiger partial charge in [-0.1, -0.05) is 11.6 Å². The van der Waals surface area contributed by atoms with Crippen LogP contribution in [-0.2, 0) is 0 Å². The number of amides is 1. The molecule has 3 rings (SSSR count). The maximum atomic E-state index is 14.2. The first-order valence-corrected chi connectivity index (χ1v) is 8.41. The van der Waals surface area contributed by atoms with E-state index in [0.29, 0.717) is 18.0 Å². The molecule has 1 aliphatic rings. The summed E-state index contributed by atoms with van der Waals surface area (Å²) in [5, 5.41) is 0.265. The zero-order chi connectivity index (χ0) is 18.0. The van der Waals surface area contributed by atoms with Crippen molar-refractivity contribution in [3.05, 3.63) is 58.4 Å². The minimum Gasteiger partial charge on any atom is -0.497 e. The van der Waals surface area contributed by atoms with Crippen LogP contribution in [-0.4, -0.2) is 31.6 Å². The van der Waals surface area contributed by atoms with E-state index in [4.69, 9.17) is 21.1 Å². The molecule has 0 aromatic heterocycles. The monoisotopic (exact) mass is 363 g/mol. The highest BCUT2D eigenvalue weighted by atomic mass is 35.5. The van der Waals surface area contributed by atoms with Crippen molar-refractivity contribution in [2.75, 3.05) is 20.8 Å². The quantitative estimate of drug-likeness (QED) is 0.804. The van der Waals surface area contributed by atoms with Crippen LogP contribution < -0.4 is 9.47 Å². The zero-order valence-electron chi connectivity index (χ0n) is 14.1. The SMILES string of the molecule is COc1ccc(OC)c([C@@H]2CCCN2C(=O)c2ccc(Cl)cc2F)c1. The molecule has 1 saturated heterocycles. The normalized spacial score (nSPS) is 16.8. The molecule has 0 N–H and O–H groups in total. The van der Waals surface area contributed by atoms with E-state index < -0.39 is 5.82 Å². The molecule has 1 fully saturated rings. The van der Waals surface area contributed by atoms with Gasteiger partial charge in [-0.25, -0.2) is 4.39 Å². The minimum absolute atomic E-state index is 0.0261. The second-order valence-corrected chi connectivity index (χ2v) is 6.33. The van der Waals surface area contributed by atoms with E-state index in [0.717, 1.165) is 24.5 Å². The summed E-state index contributed by atoms with van der Waals surface area (Å²) in [6.45, 7) is 0.561. The maximum Gasteiger partial charge on any atom is 0.257 e. The van der Waals surface area contributed by atoms with E-state index >= 15 is 0 Å². The number of nitrogens with zero attached hydrogens (tertiary/aromatic N) is 1. The van der Waals surface area contributed by atoms with Crippen LogP contribution in [0.25, 0.3) is 0 Å². The molecule has 1 amide bonds. The van der Waals surface area contributed by atoms with Crippen LogP contribution in [0.2, 0.25) is 5.02 Å².